The number of hydrogen-bond donors (Lipinski definition) is 1. The lowest BCUT2D eigenvalue weighted by Crippen LogP contribution is -2.41. The van der Waals surface area contributed by atoms with Gasteiger partial charge in [-0.2, -0.15) is 0 Å². The predicted octanol–water partition coefficient (Wildman–Crippen LogP) is 2.92. The third kappa shape index (κ3) is 3.65. The molecule has 0 saturated carbocycles. The Morgan fingerprint density at radius 1 is 1.56 bits per heavy atom. The molecular weight excluding hydrogens is 229 g/mol. The van der Waals surface area contributed by atoms with Gasteiger partial charge in [0.05, 0.1) is 13.2 Å². The molecular formula is C15H20FNO. The van der Waals surface area contributed by atoms with Crippen LogP contribution in [-0.2, 0) is 4.74 Å². The first kappa shape index (κ1) is 13.2. The van der Waals surface area contributed by atoms with E-state index < -0.39 is 0 Å². The van der Waals surface area contributed by atoms with E-state index in [0.717, 1.165) is 37.3 Å². The Labute approximate surface area is 108 Å². The van der Waals surface area contributed by atoms with E-state index in [9.17, 15) is 4.39 Å². The lowest BCUT2D eigenvalue weighted by atomic mass is 10.0. The third-order valence-corrected chi connectivity index (χ3v) is 3.21. The molecule has 1 atom stereocenters. The zero-order valence-electron chi connectivity index (χ0n) is 11.0. The fourth-order valence-electron chi connectivity index (χ4n) is 2.23. The van der Waals surface area contributed by atoms with Crippen molar-refractivity contribution in [1.82, 2.24) is 5.32 Å². The maximum absolute atomic E-state index is 13.2. The summed E-state index contributed by atoms with van der Waals surface area (Å²) in [7, 11) is 0. The third-order valence-electron chi connectivity index (χ3n) is 3.21. The minimum Gasteiger partial charge on any atom is -0.379 e. The highest BCUT2D eigenvalue weighted by molar-refractivity contribution is 5.56. The summed E-state index contributed by atoms with van der Waals surface area (Å²) in [4.78, 5) is 0. The van der Waals surface area contributed by atoms with Gasteiger partial charge in [0.15, 0.2) is 0 Å². The molecule has 2 rings (SSSR count). The number of benzene rings is 1. The van der Waals surface area contributed by atoms with Gasteiger partial charge in [-0.05, 0) is 43.5 Å². The fraction of sp³-hybridized carbons (Fsp3) is 0.467. The van der Waals surface area contributed by atoms with Crippen LogP contribution in [0.1, 0.15) is 24.5 Å². The molecule has 18 heavy (non-hydrogen) atoms. The Bertz CT molecular complexity index is 436. The van der Waals surface area contributed by atoms with Crippen LogP contribution in [0.15, 0.2) is 23.8 Å². The first-order valence-electron chi connectivity index (χ1n) is 6.39. The lowest BCUT2D eigenvalue weighted by Gasteiger charge is -2.24. The molecule has 0 radical (unpaired) electrons. The van der Waals surface area contributed by atoms with Gasteiger partial charge in [0.25, 0.3) is 0 Å². The highest BCUT2D eigenvalue weighted by Crippen LogP contribution is 2.17. The summed E-state index contributed by atoms with van der Waals surface area (Å²) in [5, 5.41) is 3.42. The molecule has 1 unspecified atom stereocenters. The Kier molecular flexibility index (Phi) is 4.50. The molecule has 98 valence electrons. The number of aryl methyl sites for hydroxylation is 1. The number of hydrogen-bond acceptors (Lipinski definition) is 2. The van der Waals surface area contributed by atoms with E-state index in [1.165, 1.54) is 11.6 Å². The van der Waals surface area contributed by atoms with Crippen LogP contribution in [0.4, 0.5) is 4.39 Å². The molecule has 1 fully saturated rings. The summed E-state index contributed by atoms with van der Waals surface area (Å²) in [6, 6.07) is 5.28. The van der Waals surface area contributed by atoms with E-state index in [0.29, 0.717) is 6.04 Å². The van der Waals surface area contributed by atoms with Crippen molar-refractivity contribution >= 4 is 6.08 Å². The van der Waals surface area contributed by atoms with Crippen LogP contribution in [-0.4, -0.2) is 25.8 Å². The molecule has 1 aliphatic heterocycles. The highest BCUT2D eigenvalue weighted by atomic mass is 19.1. The quantitative estimate of drug-likeness (QED) is 0.889. The van der Waals surface area contributed by atoms with Crippen LogP contribution >= 0.6 is 0 Å². The average Bonchev–Trinajstić information content (AvgIpc) is 2.35. The van der Waals surface area contributed by atoms with Gasteiger partial charge in [-0.25, -0.2) is 4.39 Å². The van der Waals surface area contributed by atoms with E-state index in [2.05, 4.69) is 18.3 Å². The standard InChI is InChI=1S/C15H20FNO/c1-11(8-15-10-18-6-5-17-15)7-13-9-14(16)4-3-12(13)2/h3-4,7,9,15,17H,5-6,8,10H2,1-2H3/b11-7-. The molecule has 1 aromatic rings. The minimum absolute atomic E-state index is 0.182. The second kappa shape index (κ2) is 6.12. The van der Waals surface area contributed by atoms with Crippen LogP contribution in [0.2, 0.25) is 0 Å². The van der Waals surface area contributed by atoms with Gasteiger partial charge in [0.2, 0.25) is 0 Å². The van der Waals surface area contributed by atoms with Crippen molar-refractivity contribution in [1.29, 1.82) is 0 Å². The normalized spacial score (nSPS) is 21.1. The van der Waals surface area contributed by atoms with Crippen LogP contribution in [0.3, 0.4) is 0 Å². The first-order chi connectivity index (χ1) is 8.65. The van der Waals surface area contributed by atoms with Crippen molar-refractivity contribution in [3.63, 3.8) is 0 Å². The van der Waals surface area contributed by atoms with Crippen molar-refractivity contribution in [3.8, 4) is 0 Å². The summed E-state index contributed by atoms with van der Waals surface area (Å²) in [6.07, 6.45) is 3.00. The Hall–Kier alpha value is -1.19. The summed E-state index contributed by atoms with van der Waals surface area (Å²) in [5.74, 6) is -0.182. The largest absolute Gasteiger partial charge is 0.379 e. The van der Waals surface area contributed by atoms with Crippen molar-refractivity contribution in [2.75, 3.05) is 19.8 Å². The van der Waals surface area contributed by atoms with Crippen LogP contribution in [0, 0.1) is 12.7 Å². The first-order valence-corrected chi connectivity index (χ1v) is 6.39. The van der Waals surface area contributed by atoms with E-state index in [1.807, 2.05) is 13.0 Å². The molecule has 0 bridgehead atoms. The maximum atomic E-state index is 13.2. The van der Waals surface area contributed by atoms with Gasteiger partial charge in [0, 0.05) is 12.6 Å². The van der Waals surface area contributed by atoms with Crippen molar-refractivity contribution in [2.45, 2.75) is 26.3 Å². The predicted molar refractivity (Wildman–Crippen MR) is 72.0 cm³/mol. The molecule has 0 aliphatic carbocycles. The molecule has 0 aromatic heterocycles. The number of ether oxygens (including phenoxy) is 1. The minimum atomic E-state index is -0.182. The zero-order valence-corrected chi connectivity index (χ0v) is 11.0. The fourth-order valence-corrected chi connectivity index (χ4v) is 2.23. The van der Waals surface area contributed by atoms with E-state index in [4.69, 9.17) is 4.74 Å². The van der Waals surface area contributed by atoms with E-state index in [1.54, 1.807) is 6.07 Å². The number of morpholine rings is 1. The van der Waals surface area contributed by atoms with Gasteiger partial charge in [-0.3, -0.25) is 0 Å². The smallest absolute Gasteiger partial charge is 0.123 e. The molecule has 3 heteroatoms. The molecule has 1 N–H and O–H groups in total. The second-order valence-electron chi connectivity index (χ2n) is 4.92. The Morgan fingerprint density at radius 3 is 3.11 bits per heavy atom. The van der Waals surface area contributed by atoms with Gasteiger partial charge >= 0.3 is 0 Å². The monoisotopic (exact) mass is 249 g/mol. The van der Waals surface area contributed by atoms with Crippen molar-refractivity contribution < 1.29 is 9.13 Å². The molecule has 1 saturated heterocycles. The van der Waals surface area contributed by atoms with Crippen LogP contribution in [0.25, 0.3) is 6.08 Å². The van der Waals surface area contributed by atoms with Gasteiger partial charge in [-0.15, -0.1) is 0 Å². The zero-order chi connectivity index (χ0) is 13.0. The number of nitrogens with one attached hydrogen (secondary N) is 1. The molecule has 1 aromatic carbocycles. The van der Waals surface area contributed by atoms with Gasteiger partial charge in [0.1, 0.15) is 5.82 Å². The van der Waals surface area contributed by atoms with E-state index in [-0.39, 0.29) is 5.82 Å². The number of rotatable bonds is 3. The SMILES string of the molecule is C/C(=C/c1cc(F)ccc1C)CC1COCCN1. The summed E-state index contributed by atoms with van der Waals surface area (Å²) < 4.78 is 18.6. The van der Waals surface area contributed by atoms with E-state index >= 15 is 0 Å². The van der Waals surface area contributed by atoms with Crippen molar-refractivity contribution in [2.24, 2.45) is 0 Å². The lowest BCUT2D eigenvalue weighted by molar-refractivity contribution is 0.0771. The van der Waals surface area contributed by atoms with Gasteiger partial charge < -0.3 is 10.1 Å². The molecule has 0 spiro atoms. The molecule has 1 heterocycles. The Balaban J connectivity index is 2.04. The molecule has 2 nitrogen and oxygen atoms in total. The van der Waals surface area contributed by atoms with Crippen LogP contribution in [0.5, 0.6) is 0 Å². The van der Waals surface area contributed by atoms with Gasteiger partial charge in [-0.1, -0.05) is 17.7 Å². The number of halogens is 1. The second-order valence-corrected chi connectivity index (χ2v) is 4.92. The Morgan fingerprint density at radius 2 is 2.39 bits per heavy atom. The van der Waals surface area contributed by atoms with Crippen molar-refractivity contribution in [3.05, 3.63) is 40.7 Å². The van der Waals surface area contributed by atoms with Crippen LogP contribution < -0.4 is 5.32 Å². The molecule has 0 amide bonds. The average molecular weight is 249 g/mol. The summed E-state index contributed by atoms with van der Waals surface area (Å²) in [6.45, 7) is 6.55. The summed E-state index contributed by atoms with van der Waals surface area (Å²) >= 11 is 0. The maximum Gasteiger partial charge on any atom is 0.123 e. The highest BCUT2D eigenvalue weighted by Gasteiger charge is 2.13. The topological polar surface area (TPSA) is 21.3 Å². The summed E-state index contributed by atoms with van der Waals surface area (Å²) in [5.41, 5.74) is 3.31. The molecule has 1 aliphatic rings.